The van der Waals surface area contributed by atoms with Crippen molar-refractivity contribution < 1.29 is 18.0 Å². The third kappa shape index (κ3) is 4.48. The molecule has 3 nitrogen and oxygen atoms in total. The van der Waals surface area contributed by atoms with Crippen LogP contribution < -0.4 is 10.6 Å². The minimum Gasteiger partial charge on any atom is -0.334 e. The van der Waals surface area contributed by atoms with Gasteiger partial charge in [-0.15, -0.1) is 0 Å². The zero-order valence-corrected chi connectivity index (χ0v) is 12.8. The molecule has 2 aromatic carbocycles. The summed E-state index contributed by atoms with van der Waals surface area (Å²) >= 11 is 0. The summed E-state index contributed by atoms with van der Waals surface area (Å²) in [7, 11) is 0. The molecule has 0 unspecified atom stereocenters. The Morgan fingerprint density at radius 2 is 1.78 bits per heavy atom. The molecule has 2 aromatic rings. The lowest BCUT2D eigenvalue weighted by Gasteiger charge is -2.14. The van der Waals surface area contributed by atoms with Crippen molar-refractivity contribution in [3.8, 4) is 0 Å². The number of nitrogens with one attached hydrogen (secondary N) is 2. The predicted molar refractivity (Wildman–Crippen MR) is 83.2 cm³/mol. The van der Waals surface area contributed by atoms with Crippen LogP contribution in [0.4, 0.5) is 23.7 Å². The monoisotopic (exact) mass is 322 g/mol. The van der Waals surface area contributed by atoms with Gasteiger partial charge in [-0.2, -0.15) is 13.2 Å². The van der Waals surface area contributed by atoms with E-state index in [4.69, 9.17) is 0 Å². The number of para-hydroxylation sites is 1. The van der Waals surface area contributed by atoms with Gasteiger partial charge in [0.2, 0.25) is 0 Å². The van der Waals surface area contributed by atoms with Gasteiger partial charge in [0, 0.05) is 6.54 Å². The fourth-order valence-electron chi connectivity index (χ4n) is 2.23. The van der Waals surface area contributed by atoms with Crippen LogP contribution in [0.2, 0.25) is 0 Å². The lowest BCUT2D eigenvalue weighted by atomic mass is 10.1. The molecule has 0 saturated heterocycles. The number of hydrogen-bond acceptors (Lipinski definition) is 1. The van der Waals surface area contributed by atoms with E-state index < -0.39 is 17.8 Å². The van der Waals surface area contributed by atoms with Gasteiger partial charge in [-0.05, 0) is 37.1 Å². The Hall–Kier alpha value is -2.50. The van der Waals surface area contributed by atoms with Gasteiger partial charge in [0.15, 0.2) is 0 Å². The Morgan fingerprint density at radius 3 is 2.43 bits per heavy atom. The number of carbonyl (C=O) groups excluding carboxylic acids is 1. The van der Waals surface area contributed by atoms with E-state index >= 15 is 0 Å². The van der Waals surface area contributed by atoms with Gasteiger partial charge in [0.25, 0.3) is 0 Å². The molecule has 0 heterocycles. The number of benzene rings is 2. The van der Waals surface area contributed by atoms with Gasteiger partial charge in [0.05, 0.1) is 11.3 Å². The molecule has 0 aliphatic carbocycles. The molecule has 6 heteroatoms. The molecule has 2 rings (SSSR count). The normalized spacial score (nSPS) is 11.2. The fraction of sp³-hybridized carbons (Fsp3) is 0.235. The molecule has 0 bridgehead atoms. The molecule has 0 aliphatic heterocycles. The third-order valence-electron chi connectivity index (χ3n) is 3.42. The van der Waals surface area contributed by atoms with Crippen LogP contribution in [-0.4, -0.2) is 6.03 Å². The highest BCUT2D eigenvalue weighted by atomic mass is 19.4. The van der Waals surface area contributed by atoms with Crippen LogP contribution in [0.3, 0.4) is 0 Å². The highest BCUT2D eigenvalue weighted by Crippen LogP contribution is 2.34. The molecular weight excluding hydrogens is 305 g/mol. The summed E-state index contributed by atoms with van der Waals surface area (Å²) in [6, 6.07) is 9.97. The molecule has 122 valence electrons. The molecule has 0 aliphatic rings. The first-order valence-corrected chi connectivity index (χ1v) is 7.04. The molecule has 0 fully saturated rings. The highest BCUT2D eigenvalue weighted by molar-refractivity contribution is 5.90. The zero-order valence-electron chi connectivity index (χ0n) is 12.8. The van der Waals surface area contributed by atoms with Crippen LogP contribution >= 0.6 is 0 Å². The number of amides is 2. The van der Waals surface area contributed by atoms with E-state index in [2.05, 4.69) is 10.6 Å². The summed E-state index contributed by atoms with van der Waals surface area (Å²) in [5.74, 6) is 0. The second-order valence-corrected chi connectivity index (χ2v) is 5.28. The first-order valence-electron chi connectivity index (χ1n) is 7.04. The van der Waals surface area contributed by atoms with E-state index in [1.807, 2.05) is 32.0 Å². The Labute approximate surface area is 132 Å². The number of rotatable bonds is 3. The molecule has 2 amide bonds. The van der Waals surface area contributed by atoms with Gasteiger partial charge in [-0.3, -0.25) is 0 Å². The number of anilines is 1. The van der Waals surface area contributed by atoms with Crippen molar-refractivity contribution in [2.45, 2.75) is 26.6 Å². The maximum atomic E-state index is 12.9. The smallest absolute Gasteiger partial charge is 0.334 e. The number of aryl methyl sites for hydroxylation is 2. The van der Waals surface area contributed by atoms with Crippen molar-refractivity contribution in [2.75, 3.05) is 5.32 Å². The summed E-state index contributed by atoms with van der Waals surface area (Å²) in [5.41, 5.74) is 1.89. The Balaban J connectivity index is 2.03. The number of alkyl halides is 3. The second kappa shape index (κ2) is 6.73. The average molecular weight is 322 g/mol. The van der Waals surface area contributed by atoms with E-state index in [9.17, 15) is 18.0 Å². The Kier molecular flexibility index (Phi) is 4.93. The largest absolute Gasteiger partial charge is 0.418 e. The molecule has 0 saturated carbocycles. The van der Waals surface area contributed by atoms with Crippen molar-refractivity contribution in [3.05, 3.63) is 64.7 Å². The summed E-state index contributed by atoms with van der Waals surface area (Å²) in [6.07, 6.45) is -4.52. The highest BCUT2D eigenvalue weighted by Gasteiger charge is 2.33. The molecular formula is C17H17F3N2O. The molecule has 0 aromatic heterocycles. The summed E-state index contributed by atoms with van der Waals surface area (Å²) in [5, 5.41) is 4.82. The minimum absolute atomic E-state index is 0.242. The van der Waals surface area contributed by atoms with E-state index in [1.165, 1.54) is 18.2 Å². The zero-order chi connectivity index (χ0) is 17.0. The van der Waals surface area contributed by atoms with Crippen LogP contribution in [0, 0.1) is 13.8 Å². The Bertz CT molecular complexity index is 711. The van der Waals surface area contributed by atoms with Crippen LogP contribution in [-0.2, 0) is 12.7 Å². The van der Waals surface area contributed by atoms with E-state index in [0.717, 1.165) is 22.8 Å². The van der Waals surface area contributed by atoms with Crippen molar-refractivity contribution >= 4 is 11.7 Å². The van der Waals surface area contributed by atoms with Gasteiger partial charge in [0.1, 0.15) is 0 Å². The number of urea groups is 1. The lowest BCUT2D eigenvalue weighted by molar-refractivity contribution is -0.136. The molecule has 0 atom stereocenters. The van der Waals surface area contributed by atoms with Crippen LogP contribution in [0.15, 0.2) is 42.5 Å². The topological polar surface area (TPSA) is 41.1 Å². The van der Waals surface area contributed by atoms with Crippen LogP contribution in [0.5, 0.6) is 0 Å². The first kappa shape index (κ1) is 16.9. The maximum Gasteiger partial charge on any atom is 0.418 e. The minimum atomic E-state index is -4.52. The van der Waals surface area contributed by atoms with Crippen molar-refractivity contribution in [1.29, 1.82) is 0 Å². The summed E-state index contributed by atoms with van der Waals surface area (Å²) < 4.78 is 38.6. The third-order valence-corrected chi connectivity index (χ3v) is 3.42. The van der Waals surface area contributed by atoms with Crippen molar-refractivity contribution in [2.24, 2.45) is 0 Å². The number of halogens is 3. The van der Waals surface area contributed by atoms with Crippen LogP contribution in [0.25, 0.3) is 0 Å². The molecule has 2 N–H and O–H groups in total. The van der Waals surface area contributed by atoms with E-state index in [-0.39, 0.29) is 12.2 Å². The average Bonchev–Trinajstić information content (AvgIpc) is 2.46. The number of carbonyl (C=O) groups is 1. The van der Waals surface area contributed by atoms with E-state index in [1.54, 1.807) is 0 Å². The van der Waals surface area contributed by atoms with Gasteiger partial charge >= 0.3 is 12.2 Å². The first-order chi connectivity index (χ1) is 10.8. The van der Waals surface area contributed by atoms with Gasteiger partial charge < -0.3 is 10.6 Å². The Morgan fingerprint density at radius 1 is 1.09 bits per heavy atom. The molecule has 23 heavy (non-hydrogen) atoms. The predicted octanol–water partition coefficient (Wildman–Crippen LogP) is 4.64. The van der Waals surface area contributed by atoms with Crippen molar-refractivity contribution in [1.82, 2.24) is 5.32 Å². The summed E-state index contributed by atoms with van der Waals surface area (Å²) in [6.45, 7) is 4.12. The molecule has 0 radical (unpaired) electrons. The summed E-state index contributed by atoms with van der Waals surface area (Å²) in [4.78, 5) is 11.9. The van der Waals surface area contributed by atoms with Crippen molar-refractivity contribution in [3.63, 3.8) is 0 Å². The van der Waals surface area contributed by atoms with Crippen LogP contribution in [0.1, 0.15) is 22.3 Å². The standard InChI is InChI=1S/C17H17F3N2O/c1-11-7-8-13(12(2)9-11)10-21-16(23)22-15-6-4-3-5-14(15)17(18,19)20/h3-9H,10H2,1-2H3,(H2,21,22,23). The maximum absolute atomic E-state index is 12.9. The molecule has 0 spiro atoms. The quantitative estimate of drug-likeness (QED) is 0.849. The van der Waals surface area contributed by atoms with Gasteiger partial charge in [-0.1, -0.05) is 35.9 Å². The SMILES string of the molecule is Cc1ccc(CNC(=O)Nc2ccccc2C(F)(F)F)c(C)c1. The number of hydrogen-bond donors (Lipinski definition) is 2. The van der Waals surface area contributed by atoms with Gasteiger partial charge in [-0.25, -0.2) is 4.79 Å². The fourth-order valence-corrected chi connectivity index (χ4v) is 2.23. The lowest BCUT2D eigenvalue weighted by Crippen LogP contribution is -2.29. The van der Waals surface area contributed by atoms with E-state index in [0.29, 0.717) is 0 Å². The second-order valence-electron chi connectivity index (χ2n) is 5.28.